The summed E-state index contributed by atoms with van der Waals surface area (Å²) in [5.74, 6) is -0.577. The number of carbonyl (C=O) groups is 1. The number of esters is 1. The molecule has 3 aliphatic heterocycles. The molecular formula is C49H82O18. The van der Waals surface area contributed by atoms with Crippen molar-refractivity contribution in [2.45, 2.75) is 230 Å². The first-order valence-electron chi connectivity index (χ1n) is 25.0. The smallest absolute Gasteiger partial charge is 0.303 e. The first-order valence-corrected chi connectivity index (χ1v) is 25.0. The van der Waals surface area contributed by atoms with E-state index in [-0.39, 0.29) is 46.8 Å². The number of rotatable bonds is 14. The molecule has 18 heteroatoms. The minimum absolute atomic E-state index is 0.0162. The van der Waals surface area contributed by atoms with E-state index in [0.29, 0.717) is 32.1 Å². The lowest BCUT2D eigenvalue weighted by molar-refractivity contribution is -0.369. The fraction of sp³-hybridized carbons (Fsp3) is 0.939. The van der Waals surface area contributed by atoms with Crippen LogP contribution in [0.25, 0.3) is 0 Å². The molecule has 0 aromatic rings. The third-order valence-corrected chi connectivity index (χ3v) is 17.8. The van der Waals surface area contributed by atoms with E-state index >= 15 is 0 Å². The highest BCUT2D eigenvalue weighted by Gasteiger charge is 2.68. The summed E-state index contributed by atoms with van der Waals surface area (Å²) in [6, 6.07) is 0. The second-order valence-electron chi connectivity index (χ2n) is 22.2. The lowest BCUT2D eigenvalue weighted by atomic mass is 9.46. The summed E-state index contributed by atoms with van der Waals surface area (Å²) in [6.07, 6.45) is -16.0. The fourth-order valence-corrected chi connectivity index (χ4v) is 14.2. The van der Waals surface area contributed by atoms with Gasteiger partial charge in [-0.1, -0.05) is 59.6 Å². The molecule has 0 bridgehead atoms. The maximum Gasteiger partial charge on any atom is 0.303 e. The number of allylic oxidation sites excluding steroid dienone is 1. The van der Waals surface area contributed by atoms with E-state index in [1.807, 2.05) is 0 Å². The van der Waals surface area contributed by atoms with E-state index in [1.54, 1.807) is 6.92 Å². The van der Waals surface area contributed by atoms with Crippen LogP contribution in [0.3, 0.4) is 0 Å². The Kier molecular flexibility index (Phi) is 16.7. The van der Waals surface area contributed by atoms with Gasteiger partial charge in [-0.05, 0) is 105 Å². The van der Waals surface area contributed by atoms with E-state index in [2.05, 4.69) is 47.6 Å². The second-order valence-corrected chi connectivity index (χ2v) is 22.2. The number of aliphatic hydroxyl groups is 10. The van der Waals surface area contributed by atoms with Crippen molar-refractivity contribution in [1.82, 2.24) is 0 Å². The van der Waals surface area contributed by atoms with Crippen molar-refractivity contribution in [3.63, 3.8) is 0 Å². The van der Waals surface area contributed by atoms with Gasteiger partial charge in [-0.25, -0.2) is 0 Å². The van der Waals surface area contributed by atoms with Gasteiger partial charge in [0.15, 0.2) is 18.9 Å². The number of aliphatic hydroxyl groups excluding tert-OH is 10. The van der Waals surface area contributed by atoms with Crippen LogP contribution >= 0.6 is 0 Å². The average molecular weight is 959 g/mol. The van der Waals surface area contributed by atoms with Crippen molar-refractivity contribution < 1.29 is 89.0 Å². The molecule has 6 fully saturated rings. The van der Waals surface area contributed by atoms with E-state index in [4.69, 9.17) is 33.2 Å². The lowest BCUT2D eigenvalue weighted by Gasteiger charge is -2.59. The molecule has 7 aliphatic rings. The van der Waals surface area contributed by atoms with Crippen molar-refractivity contribution in [3.05, 3.63) is 11.6 Å². The molecule has 3 saturated carbocycles. The average Bonchev–Trinajstić information content (AvgIpc) is 3.51. The van der Waals surface area contributed by atoms with Crippen LogP contribution < -0.4 is 0 Å². The fourth-order valence-electron chi connectivity index (χ4n) is 14.2. The zero-order chi connectivity index (χ0) is 49.2. The van der Waals surface area contributed by atoms with Gasteiger partial charge < -0.3 is 84.2 Å². The van der Waals surface area contributed by atoms with Gasteiger partial charge in [0.1, 0.15) is 73.2 Å². The molecule has 0 amide bonds. The Morgan fingerprint density at radius 2 is 1.36 bits per heavy atom. The maximum absolute atomic E-state index is 13.1. The third-order valence-electron chi connectivity index (χ3n) is 17.8. The van der Waals surface area contributed by atoms with Gasteiger partial charge in [0.05, 0.1) is 31.0 Å². The predicted molar refractivity (Wildman–Crippen MR) is 237 cm³/mol. The van der Waals surface area contributed by atoms with Gasteiger partial charge in [0.25, 0.3) is 0 Å². The quantitative estimate of drug-likeness (QED) is 0.0860. The third kappa shape index (κ3) is 9.93. The minimum Gasteiger partial charge on any atom is -0.459 e. The molecule has 67 heavy (non-hydrogen) atoms. The van der Waals surface area contributed by atoms with Crippen LogP contribution in [0.5, 0.6) is 0 Å². The monoisotopic (exact) mass is 959 g/mol. The summed E-state index contributed by atoms with van der Waals surface area (Å²) in [6.45, 7) is 16.8. The summed E-state index contributed by atoms with van der Waals surface area (Å²) in [7, 11) is 0. The number of ether oxygens (including phenoxy) is 7. The van der Waals surface area contributed by atoms with Gasteiger partial charge in [-0.3, -0.25) is 4.79 Å². The SMILES string of the molecule is CCC(C(C)C)C(O)CC(C)C1C(OC(C)=O)C(OC2OC(C)C(O)C(O)C2O)C2C3CC=C4CC(OC5OC(CO)C(O)C(O)C5OC5OC(C)C(O)C(O)C5O)CCC4(C)C3CCC12C. The van der Waals surface area contributed by atoms with Crippen LogP contribution in [0.15, 0.2) is 11.6 Å². The first-order chi connectivity index (χ1) is 31.5. The Hall–Kier alpha value is -1.43. The molecule has 0 aromatic carbocycles. The van der Waals surface area contributed by atoms with Crippen LogP contribution in [0.1, 0.15) is 114 Å². The number of fused-ring (bicyclic) bond motifs is 5. The molecule has 3 saturated heterocycles. The van der Waals surface area contributed by atoms with Crippen LogP contribution in [0.4, 0.5) is 0 Å². The standard InChI is InChI=1S/C49H82O18/c1-10-27(20(2)3)30(52)17-21(4)32-42(63-24(7)51)43(66-45-40(59)37(56)34(53)22(5)61-45)33-28-12-11-25-18-26(13-15-48(25,8)29(28)14-16-49(32,33)9)64-47-44(39(58)36(55)31(19-50)65-47)67-46-41(60)38(57)35(54)23(6)62-46/h11,20-23,26-47,50,52-60H,10,12-19H2,1-9H3. The molecule has 4 aliphatic carbocycles. The van der Waals surface area contributed by atoms with Gasteiger partial charge in [-0.2, -0.15) is 0 Å². The molecule has 0 radical (unpaired) electrons. The van der Waals surface area contributed by atoms with Gasteiger partial charge in [0.2, 0.25) is 0 Å². The minimum atomic E-state index is -1.69. The van der Waals surface area contributed by atoms with Gasteiger partial charge in [-0.15, -0.1) is 0 Å². The lowest BCUT2D eigenvalue weighted by Crippen LogP contribution is -2.64. The number of hydrogen-bond acceptors (Lipinski definition) is 18. The Balaban J connectivity index is 1.17. The van der Waals surface area contributed by atoms with Crippen LogP contribution in [0.2, 0.25) is 0 Å². The molecule has 10 N–H and O–H groups in total. The van der Waals surface area contributed by atoms with Crippen LogP contribution in [-0.4, -0.2) is 180 Å². The zero-order valence-electron chi connectivity index (χ0n) is 40.7. The van der Waals surface area contributed by atoms with Crippen molar-refractivity contribution in [2.24, 2.45) is 52.3 Å². The molecule has 386 valence electrons. The summed E-state index contributed by atoms with van der Waals surface area (Å²) in [4.78, 5) is 13.1. The molecule has 18 nitrogen and oxygen atoms in total. The molecule has 27 unspecified atom stereocenters. The van der Waals surface area contributed by atoms with Crippen molar-refractivity contribution in [1.29, 1.82) is 0 Å². The Bertz CT molecular complexity index is 1700. The Labute approximate surface area is 394 Å². The number of carbonyl (C=O) groups excluding carboxylic acids is 1. The molecule has 27 atom stereocenters. The topological polar surface area (TPSA) is 284 Å². The summed E-state index contributed by atoms with van der Waals surface area (Å²) in [5.41, 5.74) is 0.404. The highest BCUT2D eigenvalue weighted by molar-refractivity contribution is 5.66. The largest absolute Gasteiger partial charge is 0.459 e. The molecule has 0 aromatic heterocycles. The molecule has 3 heterocycles. The summed E-state index contributed by atoms with van der Waals surface area (Å²) < 4.78 is 43.5. The zero-order valence-corrected chi connectivity index (χ0v) is 40.7. The van der Waals surface area contributed by atoms with Crippen molar-refractivity contribution >= 4 is 5.97 Å². The normalized spacial score (nSPS) is 50.4. The summed E-state index contributed by atoms with van der Waals surface area (Å²) >= 11 is 0. The number of hydrogen-bond donors (Lipinski definition) is 10. The van der Waals surface area contributed by atoms with Gasteiger partial charge >= 0.3 is 5.97 Å². The van der Waals surface area contributed by atoms with E-state index in [9.17, 15) is 55.9 Å². The highest BCUT2D eigenvalue weighted by atomic mass is 16.8. The van der Waals surface area contributed by atoms with Crippen LogP contribution in [0, 0.1) is 52.3 Å². The van der Waals surface area contributed by atoms with Crippen molar-refractivity contribution in [3.8, 4) is 0 Å². The van der Waals surface area contributed by atoms with E-state index in [0.717, 1.165) is 19.3 Å². The Morgan fingerprint density at radius 3 is 1.91 bits per heavy atom. The maximum atomic E-state index is 13.1. The summed E-state index contributed by atoms with van der Waals surface area (Å²) in [5, 5.41) is 108. The molecule has 0 spiro atoms. The van der Waals surface area contributed by atoms with E-state index in [1.165, 1.54) is 19.4 Å². The van der Waals surface area contributed by atoms with Crippen LogP contribution in [-0.2, 0) is 38.0 Å². The first kappa shape index (κ1) is 53.4. The molecule has 7 rings (SSSR count). The predicted octanol–water partition coefficient (Wildman–Crippen LogP) is 1.04. The highest BCUT2D eigenvalue weighted by Crippen LogP contribution is 2.68. The second kappa shape index (κ2) is 21.0. The van der Waals surface area contributed by atoms with E-state index < -0.39 is 135 Å². The van der Waals surface area contributed by atoms with Gasteiger partial charge in [0, 0.05) is 12.8 Å². The van der Waals surface area contributed by atoms with Crippen molar-refractivity contribution in [2.75, 3.05) is 6.61 Å². The Morgan fingerprint density at radius 1 is 0.761 bits per heavy atom. The molecular weight excluding hydrogens is 877 g/mol.